The van der Waals surface area contributed by atoms with Gasteiger partial charge in [0.05, 0.1) is 24.5 Å². The number of ether oxygens (including phenoxy) is 2. The van der Waals surface area contributed by atoms with Gasteiger partial charge in [0.25, 0.3) is 0 Å². The number of rotatable bonds is 11. The van der Waals surface area contributed by atoms with Crippen molar-refractivity contribution in [2.24, 2.45) is 0 Å². The van der Waals surface area contributed by atoms with Crippen molar-refractivity contribution < 1.29 is 17.9 Å². The standard InChI is InChI=1S/C23H30ClN5O4S/c1-6-7-11-20-27-28-21(29(20)22-18(32-4)9-8-10-19(22)33-5)14-34(30,31)16(3)15(2)23-25-12-17(24)13-26-23/h8-10,12-13,15-16H,6-7,11,14H2,1-5H3/t15-,16-/m0/s1. The van der Waals surface area contributed by atoms with E-state index in [9.17, 15) is 8.42 Å². The summed E-state index contributed by atoms with van der Waals surface area (Å²) in [6.45, 7) is 5.52. The Labute approximate surface area is 205 Å². The third-order valence-corrected chi connectivity index (χ3v) is 8.22. The van der Waals surface area contributed by atoms with Crippen molar-refractivity contribution in [1.29, 1.82) is 0 Å². The van der Waals surface area contributed by atoms with Gasteiger partial charge >= 0.3 is 0 Å². The largest absolute Gasteiger partial charge is 0.494 e. The lowest BCUT2D eigenvalue weighted by Gasteiger charge is -2.20. The summed E-state index contributed by atoms with van der Waals surface area (Å²) in [6, 6.07) is 5.40. The number of aromatic nitrogens is 5. The number of unbranched alkanes of at least 4 members (excludes halogenated alkanes) is 1. The average Bonchev–Trinajstić information content (AvgIpc) is 3.22. The van der Waals surface area contributed by atoms with Crippen LogP contribution in [0.5, 0.6) is 11.5 Å². The SMILES string of the molecule is CCCCc1nnc(CS(=O)(=O)[C@@H](C)[C@H](C)c2ncc(Cl)cn2)n1-c1c(OC)cccc1OC. The van der Waals surface area contributed by atoms with Crippen molar-refractivity contribution in [3.05, 3.63) is 53.1 Å². The summed E-state index contributed by atoms with van der Waals surface area (Å²) >= 11 is 5.87. The molecule has 3 rings (SSSR count). The molecule has 0 amide bonds. The smallest absolute Gasteiger partial charge is 0.160 e. The second-order valence-corrected chi connectivity index (χ2v) is 10.8. The Morgan fingerprint density at radius 1 is 1.03 bits per heavy atom. The molecule has 9 nitrogen and oxygen atoms in total. The van der Waals surface area contributed by atoms with Crippen LogP contribution in [0.3, 0.4) is 0 Å². The Morgan fingerprint density at radius 2 is 1.62 bits per heavy atom. The summed E-state index contributed by atoms with van der Waals surface area (Å²) in [5, 5.41) is 8.24. The van der Waals surface area contributed by atoms with Gasteiger partial charge < -0.3 is 9.47 Å². The van der Waals surface area contributed by atoms with Gasteiger partial charge in [-0.3, -0.25) is 4.57 Å². The molecule has 0 unspecified atom stereocenters. The monoisotopic (exact) mass is 507 g/mol. The molecule has 0 saturated heterocycles. The number of para-hydroxylation sites is 1. The predicted octanol–water partition coefficient (Wildman–Crippen LogP) is 4.18. The van der Waals surface area contributed by atoms with Crippen LogP contribution in [0.2, 0.25) is 5.02 Å². The van der Waals surface area contributed by atoms with Gasteiger partial charge in [-0.25, -0.2) is 18.4 Å². The molecule has 3 aromatic rings. The molecule has 2 heterocycles. The Kier molecular flexibility index (Phi) is 8.48. The molecule has 0 fully saturated rings. The fourth-order valence-electron chi connectivity index (χ4n) is 3.64. The van der Waals surface area contributed by atoms with Gasteiger partial charge in [0.1, 0.15) is 34.6 Å². The molecule has 34 heavy (non-hydrogen) atoms. The topological polar surface area (TPSA) is 109 Å². The van der Waals surface area contributed by atoms with E-state index in [1.165, 1.54) is 12.4 Å². The maximum absolute atomic E-state index is 13.5. The summed E-state index contributed by atoms with van der Waals surface area (Å²) < 4.78 is 39.8. The molecule has 0 N–H and O–H groups in total. The van der Waals surface area contributed by atoms with Gasteiger partial charge in [0, 0.05) is 24.7 Å². The van der Waals surface area contributed by atoms with E-state index in [-0.39, 0.29) is 5.75 Å². The van der Waals surface area contributed by atoms with Gasteiger partial charge in [0.15, 0.2) is 15.7 Å². The minimum absolute atomic E-state index is 0.296. The second kappa shape index (κ2) is 11.1. The van der Waals surface area contributed by atoms with E-state index in [4.69, 9.17) is 21.1 Å². The molecule has 0 spiro atoms. The molecule has 0 radical (unpaired) electrons. The highest BCUT2D eigenvalue weighted by atomic mass is 35.5. The molecule has 11 heteroatoms. The van der Waals surface area contributed by atoms with E-state index in [2.05, 4.69) is 27.1 Å². The molecular formula is C23H30ClN5O4S. The minimum atomic E-state index is -3.67. The van der Waals surface area contributed by atoms with Crippen LogP contribution in [0.25, 0.3) is 5.69 Å². The summed E-state index contributed by atoms with van der Waals surface area (Å²) in [4.78, 5) is 8.39. The number of aryl methyl sites for hydroxylation is 1. The molecule has 184 valence electrons. The van der Waals surface area contributed by atoms with Crippen LogP contribution in [-0.2, 0) is 22.0 Å². The van der Waals surface area contributed by atoms with Crippen molar-refractivity contribution in [2.75, 3.05) is 14.2 Å². The number of nitrogens with zero attached hydrogens (tertiary/aromatic N) is 5. The van der Waals surface area contributed by atoms with Crippen LogP contribution >= 0.6 is 11.6 Å². The van der Waals surface area contributed by atoms with Crippen molar-refractivity contribution in [1.82, 2.24) is 24.7 Å². The molecule has 0 aliphatic heterocycles. The zero-order valence-electron chi connectivity index (χ0n) is 20.0. The van der Waals surface area contributed by atoms with Gasteiger partial charge in [-0.05, 0) is 25.5 Å². The third kappa shape index (κ3) is 5.50. The van der Waals surface area contributed by atoms with Crippen LogP contribution < -0.4 is 9.47 Å². The molecule has 0 saturated carbocycles. The van der Waals surface area contributed by atoms with E-state index < -0.39 is 21.0 Å². The highest BCUT2D eigenvalue weighted by Crippen LogP contribution is 2.35. The summed E-state index contributed by atoms with van der Waals surface area (Å²) in [7, 11) is -0.553. The summed E-state index contributed by atoms with van der Waals surface area (Å²) in [5.41, 5.74) is 0.579. The maximum Gasteiger partial charge on any atom is 0.160 e. The van der Waals surface area contributed by atoms with E-state index in [1.54, 1.807) is 44.8 Å². The first-order valence-corrected chi connectivity index (χ1v) is 13.2. The highest BCUT2D eigenvalue weighted by Gasteiger charge is 2.32. The van der Waals surface area contributed by atoms with Crippen molar-refractivity contribution in [3.63, 3.8) is 0 Å². The highest BCUT2D eigenvalue weighted by molar-refractivity contribution is 7.91. The normalized spacial score (nSPS) is 13.5. The lowest BCUT2D eigenvalue weighted by Crippen LogP contribution is -2.27. The summed E-state index contributed by atoms with van der Waals surface area (Å²) in [5.74, 6) is 1.67. The number of benzene rings is 1. The second-order valence-electron chi connectivity index (χ2n) is 8.04. The molecule has 0 bridgehead atoms. The van der Waals surface area contributed by atoms with E-state index in [0.717, 1.165) is 12.8 Å². The van der Waals surface area contributed by atoms with Crippen LogP contribution in [0.4, 0.5) is 0 Å². The molecule has 2 aromatic heterocycles. The minimum Gasteiger partial charge on any atom is -0.494 e. The first kappa shape index (κ1) is 25.9. The molecule has 2 atom stereocenters. The van der Waals surface area contributed by atoms with Gasteiger partial charge in [-0.1, -0.05) is 37.9 Å². The fourth-order valence-corrected chi connectivity index (χ4v) is 5.29. The zero-order valence-corrected chi connectivity index (χ0v) is 21.6. The lowest BCUT2D eigenvalue weighted by molar-refractivity contribution is 0.390. The maximum atomic E-state index is 13.5. The van der Waals surface area contributed by atoms with Crippen LogP contribution in [-0.4, -0.2) is 52.6 Å². The molecule has 1 aromatic carbocycles. The van der Waals surface area contributed by atoms with E-state index in [0.29, 0.717) is 46.1 Å². The van der Waals surface area contributed by atoms with Gasteiger partial charge in [-0.2, -0.15) is 0 Å². The number of hydrogen-bond donors (Lipinski definition) is 0. The van der Waals surface area contributed by atoms with Crippen molar-refractivity contribution in [2.45, 2.75) is 57.0 Å². The van der Waals surface area contributed by atoms with E-state index >= 15 is 0 Å². The first-order chi connectivity index (χ1) is 16.2. The zero-order chi connectivity index (χ0) is 24.9. The van der Waals surface area contributed by atoms with Crippen LogP contribution in [0.15, 0.2) is 30.6 Å². The number of methoxy groups -OCH3 is 2. The van der Waals surface area contributed by atoms with Gasteiger partial charge in [-0.15, -0.1) is 10.2 Å². The molecular weight excluding hydrogens is 478 g/mol. The van der Waals surface area contributed by atoms with Crippen LogP contribution in [0, 0.1) is 0 Å². The number of hydrogen-bond acceptors (Lipinski definition) is 8. The average molecular weight is 508 g/mol. The lowest BCUT2D eigenvalue weighted by atomic mass is 10.1. The fraction of sp³-hybridized carbons (Fsp3) is 0.478. The quantitative estimate of drug-likeness (QED) is 0.380. The Morgan fingerprint density at radius 3 is 2.18 bits per heavy atom. The predicted molar refractivity (Wildman–Crippen MR) is 131 cm³/mol. The molecule has 0 aliphatic rings. The number of sulfone groups is 1. The number of halogens is 1. The van der Waals surface area contributed by atoms with Gasteiger partial charge in [0.2, 0.25) is 0 Å². The Balaban J connectivity index is 2.04. The molecule has 0 aliphatic carbocycles. The Hall–Kier alpha value is -2.72. The third-order valence-electron chi connectivity index (χ3n) is 5.82. The van der Waals surface area contributed by atoms with Crippen LogP contribution in [0.1, 0.15) is 57.0 Å². The van der Waals surface area contributed by atoms with E-state index in [1.807, 2.05) is 6.07 Å². The van der Waals surface area contributed by atoms with Crippen molar-refractivity contribution >= 4 is 21.4 Å². The van der Waals surface area contributed by atoms with Crippen molar-refractivity contribution in [3.8, 4) is 17.2 Å². The first-order valence-electron chi connectivity index (χ1n) is 11.1. The summed E-state index contributed by atoms with van der Waals surface area (Å²) in [6.07, 6.45) is 5.40. The Bertz CT molecular complexity index is 1190.